The van der Waals surface area contributed by atoms with Crippen LogP contribution in [-0.4, -0.2) is 31.3 Å². The zero-order valence-corrected chi connectivity index (χ0v) is 10.7. The molecule has 90 valence electrons. The van der Waals surface area contributed by atoms with Gasteiger partial charge in [-0.2, -0.15) is 11.8 Å². The summed E-state index contributed by atoms with van der Waals surface area (Å²) in [6, 6.07) is 5.48. The number of benzene rings is 1. The number of hydrogen-bond acceptors (Lipinski definition) is 4. The van der Waals surface area contributed by atoms with Gasteiger partial charge in [0.05, 0.1) is 20.3 Å². The fourth-order valence-corrected chi connectivity index (χ4v) is 1.88. The quantitative estimate of drug-likeness (QED) is 0.832. The van der Waals surface area contributed by atoms with Crippen molar-refractivity contribution in [2.24, 2.45) is 0 Å². The molecule has 1 aromatic rings. The van der Waals surface area contributed by atoms with Crippen LogP contribution in [0.25, 0.3) is 0 Å². The van der Waals surface area contributed by atoms with Gasteiger partial charge in [0.2, 0.25) is 0 Å². The molecule has 0 aliphatic carbocycles. The van der Waals surface area contributed by atoms with E-state index in [2.05, 4.69) is 0 Å². The van der Waals surface area contributed by atoms with Gasteiger partial charge >= 0.3 is 0 Å². The third-order valence-corrected chi connectivity index (χ3v) is 3.00. The molecule has 1 N–H and O–H groups in total. The van der Waals surface area contributed by atoms with Gasteiger partial charge in [0.15, 0.2) is 0 Å². The number of ether oxygens (including phenoxy) is 2. The Morgan fingerprint density at radius 3 is 2.19 bits per heavy atom. The number of aliphatic hydroxyl groups is 1. The lowest BCUT2D eigenvalue weighted by molar-refractivity contribution is 0.174. The molecule has 1 unspecified atom stereocenters. The van der Waals surface area contributed by atoms with E-state index < -0.39 is 6.10 Å². The summed E-state index contributed by atoms with van der Waals surface area (Å²) in [6.07, 6.45) is 2.30. The molecule has 0 fully saturated rings. The molecule has 1 aromatic carbocycles. The van der Waals surface area contributed by atoms with E-state index in [4.69, 9.17) is 9.47 Å². The number of hydrogen-bond donors (Lipinski definition) is 1. The highest BCUT2D eigenvalue weighted by Crippen LogP contribution is 2.28. The molecule has 0 aliphatic heterocycles. The largest absolute Gasteiger partial charge is 0.497 e. The van der Waals surface area contributed by atoms with Gasteiger partial charge in [0.25, 0.3) is 0 Å². The maximum atomic E-state index is 9.97. The molecule has 0 bridgehead atoms. The Morgan fingerprint density at radius 1 is 1.19 bits per heavy atom. The lowest BCUT2D eigenvalue weighted by Crippen LogP contribution is -2.00. The lowest BCUT2D eigenvalue weighted by atomic mass is 10.1. The second-order valence-corrected chi connectivity index (χ2v) is 4.43. The summed E-state index contributed by atoms with van der Waals surface area (Å²) in [5.74, 6) is 2.34. The van der Waals surface area contributed by atoms with Gasteiger partial charge in [-0.15, -0.1) is 0 Å². The summed E-state index contributed by atoms with van der Waals surface area (Å²) in [4.78, 5) is 0. The first-order valence-corrected chi connectivity index (χ1v) is 6.50. The van der Waals surface area contributed by atoms with Crippen molar-refractivity contribution < 1.29 is 14.6 Å². The maximum Gasteiger partial charge on any atom is 0.122 e. The summed E-state index contributed by atoms with van der Waals surface area (Å²) in [6.45, 7) is 0. The summed E-state index contributed by atoms with van der Waals surface area (Å²) >= 11 is 1.72. The predicted molar refractivity (Wildman–Crippen MR) is 67.5 cm³/mol. The van der Waals surface area contributed by atoms with Crippen molar-refractivity contribution in [3.05, 3.63) is 23.8 Å². The molecule has 0 heterocycles. The lowest BCUT2D eigenvalue weighted by Gasteiger charge is -2.13. The minimum absolute atomic E-state index is 0.462. The third-order valence-electron chi connectivity index (χ3n) is 2.35. The first kappa shape index (κ1) is 13.2. The topological polar surface area (TPSA) is 38.7 Å². The van der Waals surface area contributed by atoms with Crippen molar-refractivity contribution in [3.63, 3.8) is 0 Å². The van der Waals surface area contributed by atoms with Crippen LogP contribution in [0.4, 0.5) is 0 Å². The van der Waals surface area contributed by atoms with Crippen LogP contribution in [0.5, 0.6) is 11.5 Å². The van der Waals surface area contributed by atoms with E-state index in [1.54, 1.807) is 32.0 Å². The first-order valence-electron chi connectivity index (χ1n) is 5.11. The van der Waals surface area contributed by atoms with Gasteiger partial charge in [0.1, 0.15) is 11.5 Å². The Balaban J connectivity index is 2.85. The summed E-state index contributed by atoms with van der Waals surface area (Å²) in [7, 11) is 3.21. The molecule has 4 heteroatoms. The second kappa shape index (κ2) is 6.66. The van der Waals surface area contributed by atoms with Gasteiger partial charge < -0.3 is 14.6 Å². The van der Waals surface area contributed by atoms with Gasteiger partial charge in [-0.3, -0.25) is 0 Å². The van der Waals surface area contributed by atoms with Crippen LogP contribution in [-0.2, 0) is 0 Å². The minimum Gasteiger partial charge on any atom is -0.497 e. The first-order chi connectivity index (χ1) is 7.71. The highest BCUT2D eigenvalue weighted by atomic mass is 32.2. The number of methoxy groups -OCH3 is 2. The molecule has 0 aliphatic rings. The monoisotopic (exact) mass is 242 g/mol. The van der Waals surface area contributed by atoms with Gasteiger partial charge in [-0.1, -0.05) is 0 Å². The third kappa shape index (κ3) is 3.61. The van der Waals surface area contributed by atoms with Gasteiger partial charge in [0, 0.05) is 6.07 Å². The van der Waals surface area contributed by atoms with Crippen molar-refractivity contribution in [2.75, 3.05) is 26.2 Å². The fraction of sp³-hybridized carbons (Fsp3) is 0.500. The van der Waals surface area contributed by atoms with Crippen LogP contribution in [0.2, 0.25) is 0 Å². The summed E-state index contributed by atoms with van der Waals surface area (Å²) < 4.78 is 10.3. The van der Waals surface area contributed by atoms with E-state index in [9.17, 15) is 5.11 Å². The molecule has 0 aromatic heterocycles. The van der Waals surface area contributed by atoms with E-state index in [0.29, 0.717) is 11.5 Å². The average molecular weight is 242 g/mol. The molecule has 0 amide bonds. The zero-order chi connectivity index (χ0) is 12.0. The Labute approximate surface area is 101 Å². The van der Waals surface area contributed by atoms with Crippen molar-refractivity contribution >= 4 is 11.8 Å². The Hall–Kier alpha value is -0.870. The average Bonchev–Trinajstić information content (AvgIpc) is 2.35. The van der Waals surface area contributed by atoms with E-state index in [0.717, 1.165) is 17.7 Å². The summed E-state index contributed by atoms with van der Waals surface area (Å²) in [5, 5.41) is 9.97. The Kier molecular flexibility index (Phi) is 5.49. The molecule has 0 saturated heterocycles. The number of rotatable bonds is 6. The summed E-state index contributed by atoms with van der Waals surface area (Å²) in [5.41, 5.74) is 0.838. The SMILES string of the molecule is COc1cc(OC)cc(C(O)CCSC)c1. The van der Waals surface area contributed by atoms with E-state index in [1.807, 2.05) is 18.4 Å². The fourth-order valence-electron chi connectivity index (χ4n) is 1.42. The molecule has 0 saturated carbocycles. The number of thioether (sulfide) groups is 1. The van der Waals surface area contributed by atoms with Crippen LogP contribution >= 0.6 is 11.8 Å². The van der Waals surface area contributed by atoms with Crippen LogP contribution in [0.1, 0.15) is 18.1 Å². The van der Waals surface area contributed by atoms with Crippen LogP contribution in [0, 0.1) is 0 Å². The van der Waals surface area contributed by atoms with Gasteiger partial charge in [-0.25, -0.2) is 0 Å². The maximum absolute atomic E-state index is 9.97. The molecule has 0 spiro atoms. The van der Waals surface area contributed by atoms with Crippen LogP contribution in [0.15, 0.2) is 18.2 Å². The minimum atomic E-state index is -0.462. The highest BCUT2D eigenvalue weighted by Gasteiger charge is 2.10. The molecular weight excluding hydrogens is 224 g/mol. The molecular formula is C12H18O3S. The van der Waals surface area contributed by atoms with Crippen molar-refractivity contribution in [1.29, 1.82) is 0 Å². The molecule has 1 rings (SSSR count). The van der Waals surface area contributed by atoms with E-state index >= 15 is 0 Å². The van der Waals surface area contributed by atoms with E-state index in [1.165, 1.54) is 0 Å². The van der Waals surface area contributed by atoms with Crippen molar-refractivity contribution in [1.82, 2.24) is 0 Å². The Morgan fingerprint density at radius 2 is 1.75 bits per heavy atom. The van der Waals surface area contributed by atoms with Crippen LogP contribution < -0.4 is 9.47 Å². The molecule has 0 radical (unpaired) electrons. The normalized spacial score (nSPS) is 12.2. The number of aliphatic hydroxyl groups excluding tert-OH is 1. The standard InChI is InChI=1S/C12H18O3S/c1-14-10-6-9(7-11(8-10)15-2)12(13)4-5-16-3/h6-8,12-13H,4-5H2,1-3H3. The van der Waals surface area contributed by atoms with Gasteiger partial charge in [-0.05, 0) is 36.1 Å². The smallest absolute Gasteiger partial charge is 0.122 e. The highest BCUT2D eigenvalue weighted by molar-refractivity contribution is 7.98. The molecule has 16 heavy (non-hydrogen) atoms. The predicted octanol–water partition coefficient (Wildman–Crippen LogP) is 2.49. The van der Waals surface area contributed by atoms with Crippen LogP contribution in [0.3, 0.4) is 0 Å². The van der Waals surface area contributed by atoms with Crippen molar-refractivity contribution in [3.8, 4) is 11.5 Å². The molecule has 1 atom stereocenters. The van der Waals surface area contributed by atoms with Crippen molar-refractivity contribution in [2.45, 2.75) is 12.5 Å². The Bertz CT molecular complexity index is 306. The zero-order valence-electron chi connectivity index (χ0n) is 9.90. The van der Waals surface area contributed by atoms with E-state index in [-0.39, 0.29) is 0 Å². The second-order valence-electron chi connectivity index (χ2n) is 3.44. The molecule has 3 nitrogen and oxygen atoms in total.